The summed E-state index contributed by atoms with van der Waals surface area (Å²) in [5.74, 6) is -0.976. The maximum absolute atomic E-state index is 9.99. The molecule has 1 saturated heterocycles. The number of carbonyl (C=O) groups is 1. The number of rotatable bonds is 3. The summed E-state index contributed by atoms with van der Waals surface area (Å²) in [4.78, 5) is 9.99. The number of carbonyl (C=O) groups excluding carboxylic acids is 1. The molecule has 1 rings (SSSR count). The first-order valence-corrected chi connectivity index (χ1v) is 3.60. The standard InChI is InChI=1S/C7H12O3/c8-7(9)4-3-6-2-1-5-10-6/h6H,1-5H2,(H,8,9)/p-1/t6-/m0/s1. The molecular weight excluding hydrogens is 132 g/mol. The Morgan fingerprint density at radius 1 is 1.70 bits per heavy atom. The summed E-state index contributed by atoms with van der Waals surface area (Å²) in [6.07, 6.45) is 3.00. The maximum atomic E-state index is 9.99. The number of hydrogen-bond acceptors (Lipinski definition) is 3. The summed E-state index contributed by atoms with van der Waals surface area (Å²) in [7, 11) is 0. The van der Waals surface area contributed by atoms with E-state index in [4.69, 9.17) is 4.74 Å². The molecule has 0 aromatic rings. The Labute approximate surface area is 60.0 Å². The van der Waals surface area contributed by atoms with E-state index >= 15 is 0 Å². The molecule has 0 unspecified atom stereocenters. The lowest BCUT2D eigenvalue weighted by molar-refractivity contribution is -0.306. The van der Waals surface area contributed by atoms with Gasteiger partial charge in [-0.05, 0) is 25.7 Å². The molecule has 0 spiro atoms. The molecule has 1 aliphatic heterocycles. The van der Waals surface area contributed by atoms with Gasteiger partial charge in [-0.3, -0.25) is 0 Å². The van der Waals surface area contributed by atoms with Crippen molar-refractivity contribution in [3.63, 3.8) is 0 Å². The maximum Gasteiger partial charge on any atom is 0.0579 e. The molecule has 3 heteroatoms. The minimum atomic E-state index is -0.976. The van der Waals surface area contributed by atoms with Gasteiger partial charge in [0.15, 0.2) is 0 Å². The van der Waals surface area contributed by atoms with Crippen molar-refractivity contribution < 1.29 is 14.6 Å². The Morgan fingerprint density at radius 2 is 2.50 bits per heavy atom. The van der Waals surface area contributed by atoms with Crippen molar-refractivity contribution in [3.8, 4) is 0 Å². The fraction of sp³-hybridized carbons (Fsp3) is 0.857. The third-order valence-corrected chi connectivity index (χ3v) is 1.69. The zero-order chi connectivity index (χ0) is 7.40. The van der Waals surface area contributed by atoms with Crippen LogP contribution in [0.15, 0.2) is 0 Å². The number of carboxylic acid groups (broad SMARTS) is 1. The molecule has 0 N–H and O–H groups in total. The molecule has 1 fully saturated rings. The van der Waals surface area contributed by atoms with Crippen molar-refractivity contribution in [2.75, 3.05) is 6.61 Å². The molecule has 0 aliphatic carbocycles. The van der Waals surface area contributed by atoms with Crippen LogP contribution in [0.3, 0.4) is 0 Å². The molecule has 0 radical (unpaired) electrons. The van der Waals surface area contributed by atoms with E-state index in [0.29, 0.717) is 6.42 Å². The summed E-state index contributed by atoms with van der Waals surface area (Å²) in [5.41, 5.74) is 0. The molecule has 0 amide bonds. The molecule has 0 aromatic carbocycles. The predicted molar refractivity (Wildman–Crippen MR) is 33.2 cm³/mol. The highest BCUT2D eigenvalue weighted by Crippen LogP contribution is 2.16. The minimum absolute atomic E-state index is 0.130. The molecule has 0 aromatic heterocycles. The number of hydrogen-bond donors (Lipinski definition) is 0. The highest BCUT2D eigenvalue weighted by molar-refractivity contribution is 5.64. The summed E-state index contributed by atoms with van der Waals surface area (Å²) in [5, 5.41) is 9.99. The monoisotopic (exact) mass is 143 g/mol. The molecule has 3 nitrogen and oxygen atoms in total. The Balaban J connectivity index is 2.07. The first-order valence-electron chi connectivity index (χ1n) is 3.60. The Hall–Kier alpha value is -0.570. The molecule has 58 valence electrons. The zero-order valence-corrected chi connectivity index (χ0v) is 5.84. The van der Waals surface area contributed by atoms with Crippen LogP contribution in [-0.4, -0.2) is 18.7 Å². The SMILES string of the molecule is O=C([O-])CC[C@@H]1CCCO1. The van der Waals surface area contributed by atoms with Crippen molar-refractivity contribution in [1.29, 1.82) is 0 Å². The average Bonchev–Trinajstić information content (AvgIpc) is 2.34. The molecule has 10 heavy (non-hydrogen) atoms. The third kappa shape index (κ3) is 2.35. The van der Waals surface area contributed by atoms with Gasteiger partial charge in [0.25, 0.3) is 0 Å². The topological polar surface area (TPSA) is 49.4 Å². The molecule has 0 bridgehead atoms. The first-order chi connectivity index (χ1) is 4.79. The number of carboxylic acids is 1. The fourth-order valence-electron chi connectivity index (χ4n) is 1.15. The summed E-state index contributed by atoms with van der Waals surface area (Å²) in [6, 6.07) is 0. The van der Waals surface area contributed by atoms with Crippen LogP contribution in [0.5, 0.6) is 0 Å². The number of aliphatic carboxylic acids is 1. The van der Waals surface area contributed by atoms with Crippen molar-refractivity contribution in [2.24, 2.45) is 0 Å². The van der Waals surface area contributed by atoms with Crippen LogP contribution in [0.1, 0.15) is 25.7 Å². The molecule has 0 saturated carbocycles. The van der Waals surface area contributed by atoms with E-state index in [1.807, 2.05) is 0 Å². The molecule has 1 atom stereocenters. The Bertz CT molecular complexity index is 116. The van der Waals surface area contributed by atoms with Crippen LogP contribution in [0.4, 0.5) is 0 Å². The normalized spacial score (nSPS) is 25.0. The van der Waals surface area contributed by atoms with Crippen LogP contribution in [0, 0.1) is 0 Å². The van der Waals surface area contributed by atoms with E-state index in [1.54, 1.807) is 0 Å². The van der Waals surface area contributed by atoms with Gasteiger partial charge in [-0.25, -0.2) is 0 Å². The van der Waals surface area contributed by atoms with E-state index < -0.39 is 5.97 Å². The van der Waals surface area contributed by atoms with Gasteiger partial charge < -0.3 is 14.6 Å². The van der Waals surface area contributed by atoms with Gasteiger partial charge >= 0.3 is 0 Å². The Kier molecular flexibility index (Phi) is 2.68. The lowest BCUT2D eigenvalue weighted by Gasteiger charge is -2.08. The molecular formula is C7H11O3-. The second-order valence-corrected chi connectivity index (χ2v) is 2.55. The van der Waals surface area contributed by atoms with Crippen molar-refractivity contribution >= 4 is 5.97 Å². The van der Waals surface area contributed by atoms with E-state index in [9.17, 15) is 9.90 Å². The van der Waals surface area contributed by atoms with Crippen LogP contribution >= 0.6 is 0 Å². The highest BCUT2D eigenvalue weighted by Gasteiger charge is 2.14. The summed E-state index contributed by atoms with van der Waals surface area (Å²) in [6.45, 7) is 0.789. The van der Waals surface area contributed by atoms with Crippen molar-refractivity contribution in [1.82, 2.24) is 0 Å². The van der Waals surface area contributed by atoms with Crippen LogP contribution in [-0.2, 0) is 9.53 Å². The van der Waals surface area contributed by atoms with E-state index in [2.05, 4.69) is 0 Å². The number of ether oxygens (including phenoxy) is 1. The van der Waals surface area contributed by atoms with Gasteiger partial charge in [0.05, 0.1) is 6.10 Å². The van der Waals surface area contributed by atoms with Gasteiger partial charge in [0.2, 0.25) is 0 Å². The largest absolute Gasteiger partial charge is 0.550 e. The molecule has 1 aliphatic rings. The first kappa shape index (κ1) is 7.54. The second-order valence-electron chi connectivity index (χ2n) is 2.55. The van der Waals surface area contributed by atoms with Crippen molar-refractivity contribution in [2.45, 2.75) is 31.8 Å². The van der Waals surface area contributed by atoms with Gasteiger partial charge in [0, 0.05) is 12.6 Å². The van der Waals surface area contributed by atoms with Crippen LogP contribution < -0.4 is 5.11 Å². The second kappa shape index (κ2) is 3.56. The van der Waals surface area contributed by atoms with Crippen LogP contribution in [0.2, 0.25) is 0 Å². The average molecular weight is 143 g/mol. The third-order valence-electron chi connectivity index (χ3n) is 1.69. The quantitative estimate of drug-likeness (QED) is 0.544. The van der Waals surface area contributed by atoms with E-state index in [1.165, 1.54) is 0 Å². The van der Waals surface area contributed by atoms with Gasteiger partial charge in [-0.1, -0.05) is 0 Å². The smallest absolute Gasteiger partial charge is 0.0579 e. The fourth-order valence-corrected chi connectivity index (χ4v) is 1.15. The lowest BCUT2D eigenvalue weighted by Crippen LogP contribution is -2.23. The van der Waals surface area contributed by atoms with Gasteiger partial charge in [-0.2, -0.15) is 0 Å². The summed E-state index contributed by atoms with van der Waals surface area (Å²) >= 11 is 0. The predicted octanol–water partition coefficient (Wildman–Crippen LogP) is -0.305. The Morgan fingerprint density at radius 3 is 3.00 bits per heavy atom. The summed E-state index contributed by atoms with van der Waals surface area (Å²) < 4.78 is 5.21. The zero-order valence-electron chi connectivity index (χ0n) is 5.84. The van der Waals surface area contributed by atoms with Gasteiger partial charge in [-0.15, -0.1) is 0 Å². The minimum Gasteiger partial charge on any atom is -0.550 e. The van der Waals surface area contributed by atoms with E-state index in [-0.39, 0.29) is 12.5 Å². The highest BCUT2D eigenvalue weighted by atomic mass is 16.5. The molecule has 1 heterocycles. The van der Waals surface area contributed by atoms with Crippen LogP contribution in [0.25, 0.3) is 0 Å². The van der Waals surface area contributed by atoms with E-state index in [0.717, 1.165) is 19.4 Å². The van der Waals surface area contributed by atoms with Crippen molar-refractivity contribution in [3.05, 3.63) is 0 Å². The van der Waals surface area contributed by atoms with Gasteiger partial charge in [0.1, 0.15) is 0 Å². The lowest BCUT2D eigenvalue weighted by atomic mass is 10.1.